The first kappa shape index (κ1) is 15.3. The van der Waals surface area contributed by atoms with E-state index in [4.69, 9.17) is 0 Å². The van der Waals surface area contributed by atoms with Crippen LogP contribution in [0.5, 0.6) is 0 Å². The molecule has 0 unspecified atom stereocenters. The lowest BCUT2D eigenvalue weighted by Crippen LogP contribution is -2.14. The number of rotatable bonds is 4. The molecule has 0 saturated carbocycles. The van der Waals surface area contributed by atoms with Crippen molar-refractivity contribution >= 4 is 17.3 Å². The van der Waals surface area contributed by atoms with Gasteiger partial charge >= 0.3 is 0 Å². The maximum atomic E-state index is 4.47. The molecule has 0 spiro atoms. The molecule has 0 amide bonds. The lowest BCUT2D eigenvalue weighted by molar-refractivity contribution is 0.592. The summed E-state index contributed by atoms with van der Waals surface area (Å²) >= 11 is 0. The van der Waals surface area contributed by atoms with Crippen molar-refractivity contribution in [3.05, 3.63) is 41.7 Å². The standard InChI is InChI=1S/C17H24N4/c1-6-18-15-11-16(20-12(2)19-15)21-14-10-8-7-9-13(14)17(3,4)5/h7-11H,6H2,1-5H3,(H2,18,19,20,21). The molecule has 0 aliphatic rings. The van der Waals surface area contributed by atoms with Gasteiger partial charge in [0.1, 0.15) is 17.5 Å². The lowest BCUT2D eigenvalue weighted by Gasteiger charge is -2.23. The Kier molecular flexibility index (Phi) is 4.46. The molecule has 0 atom stereocenters. The fourth-order valence-electron chi connectivity index (χ4n) is 2.29. The molecule has 1 heterocycles. The summed E-state index contributed by atoms with van der Waals surface area (Å²) in [6.45, 7) is 11.4. The van der Waals surface area contributed by atoms with E-state index in [-0.39, 0.29) is 5.41 Å². The fourth-order valence-corrected chi connectivity index (χ4v) is 2.29. The highest BCUT2D eigenvalue weighted by Crippen LogP contribution is 2.31. The van der Waals surface area contributed by atoms with E-state index in [2.05, 4.69) is 66.5 Å². The second-order valence-electron chi connectivity index (χ2n) is 6.14. The first-order valence-corrected chi connectivity index (χ1v) is 7.36. The minimum Gasteiger partial charge on any atom is -0.370 e. The molecule has 4 nitrogen and oxygen atoms in total. The Morgan fingerprint density at radius 1 is 1.05 bits per heavy atom. The van der Waals surface area contributed by atoms with Gasteiger partial charge in [0, 0.05) is 18.3 Å². The molecular formula is C17H24N4. The first-order chi connectivity index (χ1) is 9.90. The fraction of sp³-hybridized carbons (Fsp3) is 0.412. The number of anilines is 3. The highest BCUT2D eigenvalue weighted by Gasteiger charge is 2.17. The van der Waals surface area contributed by atoms with Crippen LogP contribution in [0.4, 0.5) is 17.3 Å². The third-order valence-electron chi connectivity index (χ3n) is 3.19. The van der Waals surface area contributed by atoms with E-state index in [1.807, 2.05) is 19.1 Å². The Balaban J connectivity index is 2.35. The molecule has 0 saturated heterocycles. The predicted molar refractivity (Wildman–Crippen MR) is 89.4 cm³/mol. The van der Waals surface area contributed by atoms with Crippen LogP contribution in [0, 0.1) is 6.92 Å². The third kappa shape index (κ3) is 3.94. The van der Waals surface area contributed by atoms with E-state index in [9.17, 15) is 0 Å². The van der Waals surface area contributed by atoms with Crippen molar-refractivity contribution in [3.63, 3.8) is 0 Å². The topological polar surface area (TPSA) is 49.8 Å². The number of hydrogen-bond donors (Lipinski definition) is 2. The van der Waals surface area contributed by atoms with Gasteiger partial charge in [0.25, 0.3) is 0 Å². The van der Waals surface area contributed by atoms with Gasteiger partial charge in [0.05, 0.1) is 0 Å². The summed E-state index contributed by atoms with van der Waals surface area (Å²) in [5.41, 5.74) is 2.44. The van der Waals surface area contributed by atoms with Crippen molar-refractivity contribution in [3.8, 4) is 0 Å². The smallest absolute Gasteiger partial charge is 0.136 e. The number of nitrogens with zero attached hydrogens (tertiary/aromatic N) is 2. The minimum atomic E-state index is 0.0795. The molecule has 0 radical (unpaired) electrons. The molecule has 1 aromatic carbocycles. The van der Waals surface area contributed by atoms with Crippen molar-refractivity contribution in [1.82, 2.24) is 9.97 Å². The predicted octanol–water partition coefficient (Wildman–Crippen LogP) is 4.26. The highest BCUT2D eigenvalue weighted by atomic mass is 15.1. The van der Waals surface area contributed by atoms with Crippen LogP contribution in [0.3, 0.4) is 0 Å². The summed E-state index contributed by atoms with van der Waals surface area (Å²) in [7, 11) is 0. The van der Waals surface area contributed by atoms with Gasteiger partial charge in [0.2, 0.25) is 0 Å². The van der Waals surface area contributed by atoms with Crippen molar-refractivity contribution in [1.29, 1.82) is 0 Å². The van der Waals surface area contributed by atoms with Crippen LogP contribution in [0.2, 0.25) is 0 Å². The van der Waals surface area contributed by atoms with E-state index in [1.54, 1.807) is 0 Å². The Bertz CT molecular complexity index is 614. The molecule has 2 aromatic rings. The third-order valence-corrected chi connectivity index (χ3v) is 3.19. The van der Waals surface area contributed by atoms with Crippen molar-refractivity contribution in [2.75, 3.05) is 17.2 Å². The molecule has 0 bridgehead atoms. The van der Waals surface area contributed by atoms with Crippen molar-refractivity contribution < 1.29 is 0 Å². The van der Waals surface area contributed by atoms with E-state index in [1.165, 1.54) is 5.56 Å². The molecule has 0 aliphatic carbocycles. The maximum absolute atomic E-state index is 4.47. The van der Waals surface area contributed by atoms with Crippen LogP contribution in [0.1, 0.15) is 39.1 Å². The SMILES string of the molecule is CCNc1cc(Nc2ccccc2C(C)(C)C)nc(C)n1. The zero-order valence-corrected chi connectivity index (χ0v) is 13.5. The molecular weight excluding hydrogens is 260 g/mol. The largest absolute Gasteiger partial charge is 0.370 e. The number of aromatic nitrogens is 2. The summed E-state index contributed by atoms with van der Waals surface area (Å²) in [6.07, 6.45) is 0. The van der Waals surface area contributed by atoms with Crippen molar-refractivity contribution in [2.24, 2.45) is 0 Å². The summed E-state index contributed by atoms with van der Waals surface area (Å²) in [4.78, 5) is 8.85. The van der Waals surface area contributed by atoms with Gasteiger partial charge in [0.15, 0.2) is 0 Å². The maximum Gasteiger partial charge on any atom is 0.136 e. The quantitative estimate of drug-likeness (QED) is 0.881. The van der Waals surface area contributed by atoms with E-state index in [0.717, 1.165) is 29.7 Å². The van der Waals surface area contributed by atoms with Gasteiger partial charge in [-0.25, -0.2) is 9.97 Å². The van der Waals surface area contributed by atoms with E-state index >= 15 is 0 Å². The number of hydrogen-bond acceptors (Lipinski definition) is 4. The average molecular weight is 284 g/mol. The molecule has 0 fully saturated rings. The molecule has 2 N–H and O–H groups in total. The Morgan fingerprint density at radius 2 is 1.71 bits per heavy atom. The minimum absolute atomic E-state index is 0.0795. The molecule has 0 aliphatic heterocycles. The zero-order valence-electron chi connectivity index (χ0n) is 13.5. The van der Waals surface area contributed by atoms with Crippen LogP contribution < -0.4 is 10.6 Å². The molecule has 1 aromatic heterocycles. The van der Waals surface area contributed by atoms with Crippen molar-refractivity contribution in [2.45, 2.75) is 40.0 Å². The Hall–Kier alpha value is -2.10. The number of para-hydroxylation sites is 1. The van der Waals surface area contributed by atoms with Crippen LogP contribution in [0.15, 0.2) is 30.3 Å². The number of benzene rings is 1. The molecule has 112 valence electrons. The van der Waals surface area contributed by atoms with Gasteiger partial charge in [-0.05, 0) is 30.9 Å². The van der Waals surface area contributed by atoms with Gasteiger partial charge in [-0.2, -0.15) is 0 Å². The molecule has 21 heavy (non-hydrogen) atoms. The number of nitrogens with one attached hydrogen (secondary N) is 2. The molecule has 4 heteroatoms. The Morgan fingerprint density at radius 3 is 2.38 bits per heavy atom. The normalized spacial score (nSPS) is 11.3. The monoisotopic (exact) mass is 284 g/mol. The van der Waals surface area contributed by atoms with Crippen LogP contribution in [0.25, 0.3) is 0 Å². The average Bonchev–Trinajstić information content (AvgIpc) is 2.37. The van der Waals surface area contributed by atoms with Crippen LogP contribution in [-0.2, 0) is 5.41 Å². The van der Waals surface area contributed by atoms with Gasteiger partial charge in [-0.15, -0.1) is 0 Å². The second-order valence-corrected chi connectivity index (χ2v) is 6.14. The number of aryl methyl sites for hydroxylation is 1. The van der Waals surface area contributed by atoms with E-state index in [0.29, 0.717) is 0 Å². The molecule has 2 rings (SSSR count). The highest BCUT2D eigenvalue weighted by molar-refractivity contribution is 5.64. The summed E-state index contributed by atoms with van der Waals surface area (Å²) < 4.78 is 0. The van der Waals surface area contributed by atoms with Crippen LogP contribution >= 0.6 is 0 Å². The van der Waals surface area contributed by atoms with Gasteiger partial charge < -0.3 is 10.6 Å². The summed E-state index contributed by atoms with van der Waals surface area (Å²) in [5, 5.41) is 6.66. The summed E-state index contributed by atoms with van der Waals surface area (Å²) in [6, 6.07) is 10.3. The van der Waals surface area contributed by atoms with Gasteiger partial charge in [-0.3, -0.25) is 0 Å². The lowest BCUT2D eigenvalue weighted by atomic mass is 9.86. The van der Waals surface area contributed by atoms with E-state index < -0.39 is 0 Å². The zero-order chi connectivity index (χ0) is 15.5. The van der Waals surface area contributed by atoms with Crippen LogP contribution in [-0.4, -0.2) is 16.5 Å². The first-order valence-electron chi connectivity index (χ1n) is 7.36. The second kappa shape index (κ2) is 6.12. The Labute approximate surface area is 127 Å². The van der Waals surface area contributed by atoms with Gasteiger partial charge in [-0.1, -0.05) is 39.0 Å². The summed E-state index contributed by atoms with van der Waals surface area (Å²) in [5.74, 6) is 2.42.